The summed E-state index contributed by atoms with van der Waals surface area (Å²) in [6.45, 7) is 3.60. The quantitative estimate of drug-likeness (QED) is 0.662. The number of aromatic nitrogens is 3. The van der Waals surface area contributed by atoms with Crippen molar-refractivity contribution < 1.29 is 0 Å². The highest BCUT2D eigenvalue weighted by atomic mass is 32.2. The Bertz CT molecular complexity index is 565. The van der Waals surface area contributed by atoms with E-state index in [0.29, 0.717) is 10.9 Å². The molecule has 1 N–H and O–H groups in total. The molecule has 0 atom stereocenters. The van der Waals surface area contributed by atoms with E-state index >= 15 is 0 Å². The summed E-state index contributed by atoms with van der Waals surface area (Å²) in [7, 11) is 0. The predicted octanol–water partition coefficient (Wildman–Crippen LogP) is 2.10. The van der Waals surface area contributed by atoms with Gasteiger partial charge >= 0.3 is 0 Å². The van der Waals surface area contributed by atoms with E-state index in [1.54, 1.807) is 18.5 Å². The number of pyridine rings is 1. The van der Waals surface area contributed by atoms with Crippen molar-refractivity contribution in [3.05, 3.63) is 58.8 Å². The maximum atomic E-state index is 11.3. The fourth-order valence-electron chi connectivity index (χ4n) is 1.26. The Morgan fingerprint density at radius 2 is 2.41 bits per heavy atom. The molecule has 0 amide bonds. The highest BCUT2D eigenvalue weighted by molar-refractivity contribution is 7.98. The second kappa shape index (κ2) is 5.45. The van der Waals surface area contributed by atoms with Gasteiger partial charge in [-0.25, -0.2) is 4.98 Å². The van der Waals surface area contributed by atoms with E-state index in [1.165, 1.54) is 17.8 Å². The molecule has 86 valence electrons. The van der Waals surface area contributed by atoms with Crippen LogP contribution in [-0.4, -0.2) is 15.0 Å². The molecule has 0 aliphatic heterocycles. The molecule has 0 unspecified atom stereocenters. The van der Waals surface area contributed by atoms with E-state index in [9.17, 15) is 4.79 Å². The fraction of sp³-hybridized carbons (Fsp3) is 0.0833. The van der Waals surface area contributed by atoms with Gasteiger partial charge in [-0.05, 0) is 17.7 Å². The summed E-state index contributed by atoms with van der Waals surface area (Å²) in [5.41, 5.74) is 1.51. The highest BCUT2D eigenvalue weighted by Gasteiger charge is 2.00. The van der Waals surface area contributed by atoms with Crippen LogP contribution in [0.3, 0.4) is 0 Å². The first-order valence-corrected chi connectivity index (χ1v) is 6.02. The molecule has 0 aliphatic rings. The van der Waals surface area contributed by atoms with Gasteiger partial charge in [0, 0.05) is 24.2 Å². The molecule has 0 bridgehead atoms. The lowest BCUT2D eigenvalue weighted by Crippen LogP contribution is -2.08. The molecule has 5 heteroatoms. The summed E-state index contributed by atoms with van der Waals surface area (Å²) in [6, 6.07) is 5.28. The Morgan fingerprint density at radius 3 is 3.12 bits per heavy atom. The topological polar surface area (TPSA) is 58.6 Å². The lowest BCUT2D eigenvalue weighted by Gasteiger charge is -2.01. The Morgan fingerprint density at radius 1 is 1.53 bits per heavy atom. The van der Waals surface area contributed by atoms with Crippen LogP contribution in [0.4, 0.5) is 0 Å². The van der Waals surface area contributed by atoms with E-state index in [-0.39, 0.29) is 5.56 Å². The molecule has 2 aromatic rings. The number of aromatic amines is 1. The van der Waals surface area contributed by atoms with Crippen molar-refractivity contribution in [3.63, 3.8) is 0 Å². The lowest BCUT2D eigenvalue weighted by atomic mass is 10.3. The van der Waals surface area contributed by atoms with Gasteiger partial charge in [0.15, 0.2) is 5.16 Å². The number of hydrogen-bond donors (Lipinski definition) is 1. The normalized spacial score (nSPS) is 10.1. The average Bonchev–Trinajstić information content (AvgIpc) is 2.37. The highest BCUT2D eigenvalue weighted by Crippen LogP contribution is 2.17. The monoisotopic (exact) mass is 245 g/mol. The molecular formula is C12H11N3OS. The summed E-state index contributed by atoms with van der Waals surface area (Å²) in [5, 5.41) is 0.594. The van der Waals surface area contributed by atoms with Crippen molar-refractivity contribution in [3.8, 4) is 0 Å². The second-order valence-corrected chi connectivity index (χ2v) is 4.29. The van der Waals surface area contributed by atoms with E-state index in [4.69, 9.17) is 0 Å². The molecule has 0 radical (unpaired) electrons. The van der Waals surface area contributed by atoms with Crippen LogP contribution in [0.1, 0.15) is 11.3 Å². The molecule has 0 saturated carbocycles. The zero-order valence-electron chi connectivity index (χ0n) is 9.09. The zero-order chi connectivity index (χ0) is 12.1. The molecular weight excluding hydrogens is 234 g/mol. The first-order chi connectivity index (χ1) is 8.28. The number of rotatable bonds is 4. The fourth-order valence-corrected chi connectivity index (χ4v) is 2.08. The minimum absolute atomic E-state index is 0.163. The molecule has 0 aromatic carbocycles. The van der Waals surface area contributed by atoms with Crippen LogP contribution >= 0.6 is 11.8 Å². The van der Waals surface area contributed by atoms with E-state index in [0.717, 1.165) is 11.3 Å². The van der Waals surface area contributed by atoms with Gasteiger partial charge < -0.3 is 4.98 Å². The van der Waals surface area contributed by atoms with Crippen molar-refractivity contribution >= 4 is 17.8 Å². The summed E-state index contributed by atoms with van der Waals surface area (Å²) in [6.07, 6.45) is 5.08. The largest absolute Gasteiger partial charge is 0.301 e. The summed E-state index contributed by atoms with van der Waals surface area (Å²) in [5.74, 6) is 0.720. The predicted molar refractivity (Wildman–Crippen MR) is 68.7 cm³/mol. The molecule has 0 saturated heterocycles. The van der Waals surface area contributed by atoms with Crippen LogP contribution in [0.5, 0.6) is 0 Å². The number of thioether (sulfide) groups is 1. The van der Waals surface area contributed by atoms with Gasteiger partial charge in [0.25, 0.3) is 5.56 Å². The molecule has 0 spiro atoms. The van der Waals surface area contributed by atoms with Gasteiger partial charge in [-0.1, -0.05) is 24.4 Å². The van der Waals surface area contributed by atoms with Crippen LogP contribution in [0, 0.1) is 0 Å². The summed E-state index contributed by atoms with van der Waals surface area (Å²) in [4.78, 5) is 22.3. The number of hydrogen-bond acceptors (Lipinski definition) is 4. The van der Waals surface area contributed by atoms with Gasteiger partial charge in [0.2, 0.25) is 0 Å². The van der Waals surface area contributed by atoms with Gasteiger partial charge in [-0.3, -0.25) is 9.78 Å². The van der Waals surface area contributed by atoms with Crippen molar-refractivity contribution in [2.45, 2.75) is 10.9 Å². The first-order valence-electron chi connectivity index (χ1n) is 5.03. The van der Waals surface area contributed by atoms with Crippen molar-refractivity contribution in [1.29, 1.82) is 0 Å². The maximum absolute atomic E-state index is 11.3. The molecule has 2 rings (SSSR count). The van der Waals surface area contributed by atoms with Gasteiger partial charge in [0.05, 0.1) is 5.69 Å². The minimum Gasteiger partial charge on any atom is -0.301 e. The third-order valence-electron chi connectivity index (χ3n) is 2.05. The third kappa shape index (κ3) is 3.29. The second-order valence-electron chi connectivity index (χ2n) is 3.33. The summed E-state index contributed by atoms with van der Waals surface area (Å²) < 4.78 is 0. The van der Waals surface area contributed by atoms with Crippen LogP contribution < -0.4 is 5.56 Å². The molecule has 0 aliphatic carbocycles. The lowest BCUT2D eigenvalue weighted by molar-refractivity contribution is 0.928. The smallest absolute Gasteiger partial charge is 0.252 e. The maximum Gasteiger partial charge on any atom is 0.252 e. The van der Waals surface area contributed by atoms with Crippen molar-refractivity contribution in [1.82, 2.24) is 15.0 Å². The molecule has 17 heavy (non-hydrogen) atoms. The van der Waals surface area contributed by atoms with E-state index in [1.807, 2.05) is 12.1 Å². The van der Waals surface area contributed by atoms with Crippen LogP contribution in [-0.2, 0) is 5.75 Å². The Kier molecular flexibility index (Phi) is 3.72. The SMILES string of the molecule is C=Cc1cc(=O)[nH]c(SCc2cccnc2)n1. The van der Waals surface area contributed by atoms with Crippen molar-refractivity contribution in [2.24, 2.45) is 0 Å². The number of nitrogens with zero attached hydrogens (tertiary/aromatic N) is 2. The first kappa shape index (κ1) is 11.6. The van der Waals surface area contributed by atoms with Crippen molar-refractivity contribution in [2.75, 3.05) is 0 Å². The van der Waals surface area contributed by atoms with E-state index in [2.05, 4.69) is 21.5 Å². The van der Waals surface area contributed by atoms with Gasteiger partial charge in [-0.2, -0.15) is 0 Å². The van der Waals surface area contributed by atoms with Crippen LogP contribution in [0.15, 0.2) is 47.1 Å². The summed E-state index contributed by atoms with van der Waals surface area (Å²) >= 11 is 1.46. The average molecular weight is 245 g/mol. The Hall–Kier alpha value is -1.88. The Balaban J connectivity index is 2.11. The molecule has 2 heterocycles. The number of nitrogens with one attached hydrogen (secondary N) is 1. The van der Waals surface area contributed by atoms with Gasteiger partial charge in [0.1, 0.15) is 0 Å². The standard InChI is InChI=1S/C12H11N3OS/c1-2-10-6-11(16)15-12(14-10)17-8-9-4-3-5-13-7-9/h2-7H,1,8H2,(H,14,15,16). The molecule has 2 aromatic heterocycles. The van der Waals surface area contributed by atoms with Crippen LogP contribution in [0.25, 0.3) is 6.08 Å². The van der Waals surface area contributed by atoms with E-state index < -0.39 is 0 Å². The molecule has 4 nitrogen and oxygen atoms in total. The minimum atomic E-state index is -0.163. The Labute approximate surface area is 103 Å². The third-order valence-corrected chi connectivity index (χ3v) is 2.99. The molecule has 0 fully saturated rings. The zero-order valence-corrected chi connectivity index (χ0v) is 9.91. The van der Waals surface area contributed by atoms with Crippen LogP contribution in [0.2, 0.25) is 0 Å². The van der Waals surface area contributed by atoms with Gasteiger partial charge in [-0.15, -0.1) is 0 Å². The number of H-pyrrole nitrogens is 1.